The molecule has 1 aliphatic rings. The van der Waals surface area contributed by atoms with Gasteiger partial charge in [0.05, 0.1) is 37.1 Å². The molecule has 7 nitrogen and oxygen atoms in total. The number of methoxy groups -OCH3 is 2. The SMILES string of the molecule is COc1ccc2cc(-c3nnc(C4(OC)CCOC4)o3)c(C)nc2c1. The smallest absolute Gasteiger partial charge is 0.251 e. The highest BCUT2D eigenvalue weighted by Gasteiger charge is 2.42. The van der Waals surface area contributed by atoms with Gasteiger partial charge in [-0.05, 0) is 25.1 Å². The lowest BCUT2D eigenvalue weighted by atomic mass is 10.0. The Morgan fingerprint density at radius 2 is 2.04 bits per heavy atom. The zero-order chi connectivity index (χ0) is 17.4. The molecule has 0 spiro atoms. The van der Waals surface area contributed by atoms with E-state index >= 15 is 0 Å². The number of aryl methyl sites for hydroxylation is 1. The summed E-state index contributed by atoms with van der Waals surface area (Å²) in [6.07, 6.45) is 0.694. The van der Waals surface area contributed by atoms with Crippen LogP contribution in [0.25, 0.3) is 22.4 Å². The van der Waals surface area contributed by atoms with Gasteiger partial charge in [-0.25, -0.2) is 0 Å². The number of nitrogens with zero attached hydrogens (tertiary/aromatic N) is 3. The van der Waals surface area contributed by atoms with E-state index in [1.807, 2.05) is 31.2 Å². The molecule has 1 unspecified atom stereocenters. The molecular weight excluding hydrogens is 322 g/mol. The van der Waals surface area contributed by atoms with Crippen molar-refractivity contribution in [3.05, 3.63) is 35.9 Å². The van der Waals surface area contributed by atoms with Gasteiger partial charge in [0.2, 0.25) is 5.89 Å². The van der Waals surface area contributed by atoms with E-state index in [2.05, 4.69) is 15.2 Å². The van der Waals surface area contributed by atoms with Crippen molar-refractivity contribution in [2.75, 3.05) is 27.4 Å². The van der Waals surface area contributed by atoms with E-state index in [0.717, 1.165) is 27.9 Å². The van der Waals surface area contributed by atoms with Crippen LogP contribution in [0.4, 0.5) is 0 Å². The first-order chi connectivity index (χ1) is 12.1. The van der Waals surface area contributed by atoms with Gasteiger partial charge in [-0.1, -0.05) is 0 Å². The molecule has 1 aliphatic heterocycles. The lowest BCUT2D eigenvalue weighted by molar-refractivity contribution is -0.0407. The van der Waals surface area contributed by atoms with Crippen LogP contribution in [0.2, 0.25) is 0 Å². The molecule has 2 aromatic heterocycles. The van der Waals surface area contributed by atoms with Crippen LogP contribution in [0.1, 0.15) is 18.0 Å². The molecular formula is C18H19N3O4. The largest absolute Gasteiger partial charge is 0.497 e. The van der Waals surface area contributed by atoms with Gasteiger partial charge in [-0.15, -0.1) is 10.2 Å². The second kappa shape index (κ2) is 6.09. The van der Waals surface area contributed by atoms with Crippen molar-refractivity contribution in [2.45, 2.75) is 18.9 Å². The average molecular weight is 341 g/mol. The molecule has 0 radical (unpaired) electrons. The molecule has 0 saturated carbocycles. The summed E-state index contributed by atoms with van der Waals surface area (Å²) in [4.78, 5) is 4.64. The van der Waals surface area contributed by atoms with Crippen molar-refractivity contribution >= 4 is 10.9 Å². The Hall–Kier alpha value is -2.51. The van der Waals surface area contributed by atoms with Crippen molar-refractivity contribution in [1.82, 2.24) is 15.2 Å². The fraction of sp³-hybridized carbons (Fsp3) is 0.389. The van der Waals surface area contributed by atoms with Crippen LogP contribution in [-0.4, -0.2) is 42.6 Å². The Kier molecular flexibility index (Phi) is 3.89. The van der Waals surface area contributed by atoms with Crippen LogP contribution in [0.15, 0.2) is 28.7 Å². The summed E-state index contributed by atoms with van der Waals surface area (Å²) >= 11 is 0. The maximum atomic E-state index is 5.93. The molecule has 3 heterocycles. The minimum Gasteiger partial charge on any atom is -0.497 e. The minimum absolute atomic E-state index is 0.417. The lowest BCUT2D eigenvalue weighted by Gasteiger charge is -2.20. The summed E-state index contributed by atoms with van der Waals surface area (Å²) in [7, 11) is 3.27. The van der Waals surface area contributed by atoms with Gasteiger partial charge in [-0.3, -0.25) is 4.98 Å². The Morgan fingerprint density at radius 1 is 1.16 bits per heavy atom. The predicted molar refractivity (Wildman–Crippen MR) is 90.4 cm³/mol. The van der Waals surface area contributed by atoms with Gasteiger partial charge in [-0.2, -0.15) is 0 Å². The van der Waals surface area contributed by atoms with Crippen LogP contribution < -0.4 is 4.74 Å². The van der Waals surface area contributed by atoms with Crippen LogP contribution >= 0.6 is 0 Å². The molecule has 1 atom stereocenters. The molecule has 1 saturated heterocycles. The zero-order valence-corrected chi connectivity index (χ0v) is 14.4. The van der Waals surface area contributed by atoms with Gasteiger partial charge in [0.1, 0.15) is 5.75 Å². The monoisotopic (exact) mass is 341 g/mol. The highest BCUT2D eigenvalue weighted by molar-refractivity contribution is 5.84. The number of hydrogen-bond donors (Lipinski definition) is 0. The number of benzene rings is 1. The van der Waals surface area contributed by atoms with Crippen LogP contribution in [-0.2, 0) is 15.1 Å². The standard InChI is InChI=1S/C18H19N3O4/c1-11-14(8-12-4-5-13(22-2)9-15(12)19-11)16-20-21-17(25-16)18(23-3)6-7-24-10-18/h4-5,8-9H,6-7,10H2,1-3H3. The Bertz CT molecular complexity index is 916. The third kappa shape index (κ3) is 2.65. The third-order valence-corrected chi connectivity index (χ3v) is 4.64. The van der Waals surface area contributed by atoms with E-state index < -0.39 is 5.60 Å². The molecule has 3 aromatic rings. The number of rotatable bonds is 4. The van der Waals surface area contributed by atoms with Crippen LogP contribution in [0.5, 0.6) is 5.75 Å². The van der Waals surface area contributed by atoms with Gasteiger partial charge in [0.25, 0.3) is 5.89 Å². The normalized spacial score (nSPS) is 20.3. The summed E-state index contributed by atoms with van der Waals surface area (Å²) in [5.41, 5.74) is 1.82. The van der Waals surface area contributed by atoms with Crippen molar-refractivity contribution in [3.8, 4) is 17.2 Å². The quantitative estimate of drug-likeness (QED) is 0.722. The van der Waals surface area contributed by atoms with Gasteiger partial charge in [0.15, 0.2) is 5.60 Å². The van der Waals surface area contributed by atoms with Crippen LogP contribution in [0, 0.1) is 6.92 Å². The van der Waals surface area contributed by atoms with Crippen LogP contribution in [0.3, 0.4) is 0 Å². The second-order valence-corrected chi connectivity index (χ2v) is 6.09. The molecule has 1 fully saturated rings. The van der Waals surface area contributed by atoms with Gasteiger partial charge < -0.3 is 18.6 Å². The number of fused-ring (bicyclic) bond motifs is 1. The fourth-order valence-electron chi connectivity index (χ4n) is 3.07. The Labute approximate surface area is 144 Å². The van der Waals surface area contributed by atoms with E-state index in [9.17, 15) is 0 Å². The van der Waals surface area contributed by atoms with Gasteiger partial charge >= 0.3 is 0 Å². The molecule has 0 bridgehead atoms. The van der Waals surface area contributed by atoms with Gasteiger partial charge in [0, 0.05) is 25.0 Å². The Balaban J connectivity index is 1.76. The topological polar surface area (TPSA) is 79.5 Å². The average Bonchev–Trinajstić information content (AvgIpc) is 3.30. The fourth-order valence-corrected chi connectivity index (χ4v) is 3.07. The van der Waals surface area contributed by atoms with E-state index in [0.29, 0.717) is 31.4 Å². The van der Waals surface area contributed by atoms with Crippen molar-refractivity contribution in [1.29, 1.82) is 0 Å². The minimum atomic E-state index is -0.656. The molecule has 0 aliphatic carbocycles. The highest BCUT2D eigenvalue weighted by atomic mass is 16.6. The summed E-state index contributed by atoms with van der Waals surface area (Å²) in [6.45, 7) is 2.95. The molecule has 25 heavy (non-hydrogen) atoms. The summed E-state index contributed by atoms with van der Waals surface area (Å²) < 4.78 is 22.2. The number of ether oxygens (including phenoxy) is 3. The first-order valence-electron chi connectivity index (χ1n) is 8.08. The van der Waals surface area contributed by atoms with Crippen molar-refractivity contribution < 1.29 is 18.6 Å². The van der Waals surface area contributed by atoms with E-state index in [1.54, 1.807) is 14.2 Å². The highest BCUT2D eigenvalue weighted by Crippen LogP contribution is 2.35. The number of pyridine rings is 1. The first kappa shape index (κ1) is 16.0. The van der Waals surface area contributed by atoms with E-state index in [1.165, 1.54) is 0 Å². The number of hydrogen-bond acceptors (Lipinski definition) is 7. The molecule has 1 aromatic carbocycles. The second-order valence-electron chi connectivity index (χ2n) is 6.09. The zero-order valence-electron chi connectivity index (χ0n) is 14.4. The summed E-state index contributed by atoms with van der Waals surface area (Å²) in [5, 5.41) is 9.38. The summed E-state index contributed by atoms with van der Waals surface area (Å²) in [5.74, 6) is 1.65. The third-order valence-electron chi connectivity index (χ3n) is 4.64. The maximum absolute atomic E-state index is 5.93. The van der Waals surface area contributed by atoms with E-state index in [4.69, 9.17) is 18.6 Å². The van der Waals surface area contributed by atoms with Crippen molar-refractivity contribution in [2.24, 2.45) is 0 Å². The van der Waals surface area contributed by atoms with E-state index in [-0.39, 0.29) is 0 Å². The molecule has 0 amide bonds. The summed E-state index contributed by atoms with van der Waals surface area (Å²) in [6, 6.07) is 7.77. The first-order valence-corrected chi connectivity index (χ1v) is 8.08. The molecule has 130 valence electrons. The number of aromatic nitrogens is 3. The Morgan fingerprint density at radius 3 is 2.76 bits per heavy atom. The maximum Gasteiger partial charge on any atom is 0.251 e. The van der Waals surface area contributed by atoms with Crippen molar-refractivity contribution in [3.63, 3.8) is 0 Å². The predicted octanol–water partition coefficient (Wildman–Crippen LogP) is 2.86. The molecule has 0 N–H and O–H groups in total. The molecule has 7 heteroatoms. The lowest BCUT2D eigenvalue weighted by Crippen LogP contribution is -2.29. The molecule has 4 rings (SSSR count).